The van der Waals surface area contributed by atoms with Crippen molar-refractivity contribution in [2.75, 3.05) is 20.7 Å². The van der Waals surface area contributed by atoms with E-state index in [1.54, 1.807) is 19.0 Å². The van der Waals surface area contributed by atoms with Crippen LogP contribution in [-0.4, -0.2) is 31.5 Å². The Balaban J connectivity index is 2.14. The number of hydrogen-bond acceptors (Lipinski definition) is 2. The van der Waals surface area contributed by atoms with Gasteiger partial charge in [-0.25, -0.2) is 0 Å². The summed E-state index contributed by atoms with van der Waals surface area (Å²) in [7, 11) is 3.57. The standard InChI is InChI=1S/C13H17NO2/c1-14(2)13(15)8-10-3-4-12-9-16-6-5-11(12)7-10/h3-4,7H,5-6,8-9H2,1-2H3. The number of benzene rings is 1. The Labute approximate surface area is 96.0 Å². The van der Waals surface area contributed by atoms with Gasteiger partial charge in [0.15, 0.2) is 0 Å². The summed E-state index contributed by atoms with van der Waals surface area (Å²) in [6.07, 6.45) is 1.44. The average molecular weight is 219 g/mol. The highest BCUT2D eigenvalue weighted by Crippen LogP contribution is 2.18. The lowest BCUT2D eigenvalue weighted by molar-refractivity contribution is -0.127. The molecule has 0 spiro atoms. The van der Waals surface area contributed by atoms with Gasteiger partial charge < -0.3 is 9.64 Å². The van der Waals surface area contributed by atoms with Crippen LogP contribution in [0.2, 0.25) is 0 Å². The van der Waals surface area contributed by atoms with Gasteiger partial charge in [0.25, 0.3) is 0 Å². The number of rotatable bonds is 2. The molecule has 0 bridgehead atoms. The SMILES string of the molecule is CN(C)C(=O)Cc1ccc2c(c1)CCOC2. The first-order valence-electron chi connectivity index (χ1n) is 5.55. The Hall–Kier alpha value is -1.35. The van der Waals surface area contributed by atoms with E-state index in [1.807, 2.05) is 6.07 Å². The molecule has 1 aromatic carbocycles. The Morgan fingerprint density at radius 1 is 1.38 bits per heavy atom. The van der Waals surface area contributed by atoms with Gasteiger partial charge in [-0.15, -0.1) is 0 Å². The van der Waals surface area contributed by atoms with Crippen molar-refractivity contribution in [3.05, 3.63) is 34.9 Å². The summed E-state index contributed by atoms with van der Waals surface area (Å²) >= 11 is 0. The number of ether oxygens (including phenoxy) is 1. The minimum atomic E-state index is 0.145. The van der Waals surface area contributed by atoms with Crippen LogP contribution in [-0.2, 0) is 29.0 Å². The van der Waals surface area contributed by atoms with Crippen molar-refractivity contribution < 1.29 is 9.53 Å². The zero-order chi connectivity index (χ0) is 11.5. The second-order valence-electron chi connectivity index (χ2n) is 4.37. The number of amides is 1. The minimum Gasteiger partial charge on any atom is -0.376 e. The first kappa shape index (κ1) is 11.1. The summed E-state index contributed by atoms with van der Waals surface area (Å²) in [5.74, 6) is 0.145. The summed E-state index contributed by atoms with van der Waals surface area (Å²) < 4.78 is 5.38. The molecular weight excluding hydrogens is 202 g/mol. The monoisotopic (exact) mass is 219 g/mol. The van der Waals surface area contributed by atoms with Crippen molar-refractivity contribution in [2.24, 2.45) is 0 Å². The maximum atomic E-state index is 11.6. The van der Waals surface area contributed by atoms with Crippen LogP contribution in [0.4, 0.5) is 0 Å². The molecule has 1 amide bonds. The molecule has 1 aromatic rings. The maximum absolute atomic E-state index is 11.6. The van der Waals surface area contributed by atoms with E-state index in [1.165, 1.54) is 11.1 Å². The molecule has 0 aliphatic carbocycles. The van der Waals surface area contributed by atoms with Gasteiger partial charge in [0.1, 0.15) is 0 Å². The molecule has 1 aliphatic rings. The molecule has 0 saturated carbocycles. The summed E-state index contributed by atoms with van der Waals surface area (Å²) in [5.41, 5.74) is 3.68. The normalized spacial score (nSPS) is 14.4. The summed E-state index contributed by atoms with van der Waals surface area (Å²) in [4.78, 5) is 13.2. The van der Waals surface area contributed by atoms with Crippen molar-refractivity contribution in [1.82, 2.24) is 4.90 Å². The fraction of sp³-hybridized carbons (Fsp3) is 0.462. The fourth-order valence-electron chi connectivity index (χ4n) is 1.86. The van der Waals surface area contributed by atoms with E-state index >= 15 is 0 Å². The molecule has 2 rings (SSSR count). The van der Waals surface area contributed by atoms with Crippen LogP contribution in [0.15, 0.2) is 18.2 Å². The van der Waals surface area contributed by atoms with Crippen LogP contribution < -0.4 is 0 Å². The van der Waals surface area contributed by atoms with Gasteiger partial charge in [0.05, 0.1) is 19.6 Å². The van der Waals surface area contributed by atoms with Gasteiger partial charge >= 0.3 is 0 Å². The van der Waals surface area contributed by atoms with E-state index in [2.05, 4.69) is 12.1 Å². The van der Waals surface area contributed by atoms with Gasteiger partial charge in [-0.3, -0.25) is 4.79 Å². The van der Waals surface area contributed by atoms with E-state index in [4.69, 9.17) is 4.74 Å². The van der Waals surface area contributed by atoms with Crippen LogP contribution in [0.25, 0.3) is 0 Å². The highest BCUT2D eigenvalue weighted by Gasteiger charge is 2.11. The molecule has 0 aromatic heterocycles. The van der Waals surface area contributed by atoms with Crippen LogP contribution in [0.3, 0.4) is 0 Å². The van der Waals surface area contributed by atoms with Gasteiger partial charge in [-0.2, -0.15) is 0 Å². The van der Waals surface area contributed by atoms with E-state index < -0.39 is 0 Å². The lowest BCUT2D eigenvalue weighted by Crippen LogP contribution is -2.23. The molecule has 1 heterocycles. The second-order valence-corrected chi connectivity index (χ2v) is 4.37. The van der Waals surface area contributed by atoms with E-state index in [9.17, 15) is 4.79 Å². The quantitative estimate of drug-likeness (QED) is 0.752. The maximum Gasteiger partial charge on any atom is 0.226 e. The number of hydrogen-bond donors (Lipinski definition) is 0. The highest BCUT2D eigenvalue weighted by atomic mass is 16.5. The Morgan fingerprint density at radius 3 is 2.94 bits per heavy atom. The number of likely N-dealkylation sites (N-methyl/N-ethyl adjacent to an activating group) is 1. The number of carbonyl (C=O) groups excluding carboxylic acids is 1. The van der Waals surface area contributed by atoms with Gasteiger partial charge in [0.2, 0.25) is 5.91 Å². The molecule has 0 saturated heterocycles. The average Bonchev–Trinajstić information content (AvgIpc) is 2.28. The molecule has 0 unspecified atom stereocenters. The molecule has 3 heteroatoms. The number of carbonyl (C=O) groups is 1. The second kappa shape index (κ2) is 4.66. The third-order valence-corrected chi connectivity index (χ3v) is 2.90. The van der Waals surface area contributed by atoms with Crippen molar-refractivity contribution in [2.45, 2.75) is 19.4 Å². The molecule has 0 fully saturated rings. The number of fused-ring (bicyclic) bond motifs is 1. The first-order chi connectivity index (χ1) is 7.66. The van der Waals surface area contributed by atoms with Gasteiger partial charge in [-0.05, 0) is 23.1 Å². The van der Waals surface area contributed by atoms with E-state index in [0.717, 1.165) is 18.6 Å². The van der Waals surface area contributed by atoms with Gasteiger partial charge in [0, 0.05) is 14.1 Å². The predicted octanol–water partition coefficient (Wildman–Crippen LogP) is 1.39. The zero-order valence-electron chi connectivity index (χ0n) is 9.82. The molecule has 86 valence electrons. The van der Waals surface area contributed by atoms with Crippen molar-refractivity contribution in [3.8, 4) is 0 Å². The van der Waals surface area contributed by atoms with Crippen molar-refractivity contribution in [3.63, 3.8) is 0 Å². The van der Waals surface area contributed by atoms with E-state index in [0.29, 0.717) is 13.0 Å². The van der Waals surface area contributed by atoms with Gasteiger partial charge in [-0.1, -0.05) is 18.2 Å². The molecule has 3 nitrogen and oxygen atoms in total. The Bertz CT molecular complexity index is 399. The third kappa shape index (κ3) is 2.42. The first-order valence-corrected chi connectivity index (χ1v) is 5.55. The third-order valence-electron chi connectivity index (χ3n) is 2.90. The lowest BCUT2D eigenvalue weighted by Gasteiger charge is -2.17. The highest BCUT2D eigenvalue weighted by molar-refractivity contribution is 5.78. The molecule has 1 aliphatic heterocycles. The number of nitrogens with zero attached hydrogens (tertiary/aromatic N) is 1. The van der Waals surface area contributed by atoms with Crippen LogP contribution >= 0.6 is 0 Å². The van der Waals surface area contributed by atoms with Crippen molar-refractivity contribution in [1.29, 1.82) is 0 Å². The Kier molecular flexibility index (Phi) is 3.25. The largest absolute Gasteiger partial charge is 0.376 e. The summed E-state index contributed by atoms with van der Waals surface area (Å²) in [6.45, 7) is 1.50. The zero-order valence-corrected chi connectivity index (χ0v) is 9.82. The smallest absolute Gasteiger partial charge is 0.226 e. The van der Waals surface area contributed by atoms with Crippen molar-refractivity contribution >= 4 is 5.91 Å². The summed E-state index contributed by atoms with van der Waals surface area (Å²) in [6, 6.07) is 6.24. The van der Waals surface area contributed by atoms with Crippen LogP contribution in [0.5, 0.6) is 0 Å². The lowest BCUT2D eigenvalue weighted by atomic mass is 9.99. The molecule has 0 N–H and O–H groups in total. The minimum absolute atomic E-state index is 0.145. The predicted molar refractivity (Wildman–Crippen MR) is 62.2 cm³/mol. The van der Waals surface area contributed by atoms with Crippen LogP contribution in [0, 0.1) is 0 Å². The Morgan fingerprint density at radius 2 is 2.19 bits per heavy atom. The molecule has 16 heavy (non-hydrogen) atoms. The van der Waals surface area contributed by atoms with Crippen LogP contribution in [0.1, 0.15) is 16.7 Å². The summed E-state index contributed by atoms with van der Waals surface area (Å²) in [5, 5.41) is 0. The molecule has 0 atom stereocenters. The fourth-order valence-corrected chi connectivity index (χ4v) is 1.86. The van der Waals surface area contributed by atoms with E-state index in [-0.39, 0.29) is 5.91 Å². The topological polar surface area (TPSA) is 29.5 Å². The molecule has 0 radical (unpaired) electrons. The molecular formula is C13H17NO2.